The zero-order chi connectivity index (χ0) is 14.5. The van der Waals surface area contributed by atoms with E-state index in [1.165, 1.54) is 4.90 Å². The molecule has 0 bridgehead atoms. The molecule has 0 spiro atoms. The number of aromatic nitrogens is 1. The second-order valence-electron chi connectivity index (χ2n) is 4.89. The molecular weight excluding hydrogens is 298 g/mol. The molecule has 0 N–H and O–H groups in total. The maximum Gasteiger partial charge on any atom is 0.242 e. The first kappa shape index (κ1) is 15.3. The quantitative estimate of drug-likeness (QED) is 0.590. The van der Waals surface area contributed by atoms with Crippen LogP contribution in [0.25, 0.3) is 0 Å². The average Bonchev–Trinajstić information content (AvgIpc) is 2.88. The Hall–Kier alpha value is -1.14. The summed E-state index contributed by atoms with van der Waals surface area (Å²) in [6.45, 7) is 1.06. The standard InChI is InChI=1S/C13H18ClN3O2S/c1-16-7-13(19)17(8-12(16)18)5-3-2-4-11-15-10(6-14)9-20-11/h9H,2-8H2,1H3. The molecule has 110 valence electrons. The Kier molecular flexibility index (Phi) is 5.37. The maximum atomic E-state index is 11.8. The molecule has 1 aliphatic heterocycles. The molecule has 20 heavy (non-hydrogen) atoms. The van der Waals surface area contributed by atoms with E-state index < -0.39 is 0 Å². The number of amides is 2. The number of nitrogens with zero attached hydrogens (tertiary/aromatic N) is 3. The van der Waals surface area contributed by atoms with Crippen LogP contribution in [0.3, 0.4) is 0 Å². The summed E-state index contributed by atoms with van der Waals surface area (Å²) in [5.74, 6) is 0.496. The smallest absolute Gasteiger partial charge is 0.242 e. The highest BCUT2D eigenvalue weighted by atomic mass is 35.5. The molecule has 1 saturated heterocycles. The molecule has 1 fully saturated rings. The predicted octanol–water partition coefficient (Wildman–Crippen LogP) is 1.51. The van der Waals surface area contributed by atoms with Gasteiger partial charge in [-0.1, -0.05) is 0 Å². The van der Waals surface area contributed by atoms with Crippen LogP contribution in [0.2, 0.25) is 0 Å². The Morgan fingerprint density at radius 1 is 1.30 bits per heavy atom. The molecule has 5 nitrogen and oxygen atoms in total. The molecule has 2 rings (SSSR count). The van der Waals surface area contributed by atoms with Crippen LogP contribution in [-0.2, 0) is 21.9 Å². The Morgan fingerprint density at radius 3 is 2.80 bits per heavy atom. The van der Waals surface area contributed by atoms with Crippen LogP contribution in [0.15, 0.2) is 5.38 Å². The highest BCUT2D eigenvalue weighted by Gasteiger charge is 2.26. The molecule has 0 radical (unpaired) electrons. The van der Waals surface area contributed by atoms with E-state index in [-0.39, 0.29) is 24.9 Å². The number of rotatable bonds is 6. The van der Waals surface area contributed by atoms with Crippen LogP contribution >= 0.6 is 22.9 Å². The minimum Gasteiger partial charge on any atom is -0.335 e. The van der Waals surface area contributed by atoms with Crippen LogP contribution < -0.4 is 0 Å². The molecule has 1 aromatic rings. The Morgan fingerprint density at radius 2 is 2.10 bits per heavy atom. The van der Waals surface area contributed by atoms with Gasteiger partial charge in [0.1, 0.15) is 0 Å². The number of thiazole rings is 1. The van der Waals surface area contributed by atoms with Crippen molar-refractivity contribution in [2.45, 2.75) is 25.1 Å². The van der Waals surface area contributed by atoms with Crippen LogP contribution in [0.5, 0.6) is 0 Å². The number of alkyl halides is 1. The summed E-state index contributed by atoms with van der Waals surface area (Å²) < 4.78 is 0. The fourth-order valence-corrected chi connectivity index (χ4v) is 3.14. The number of hydrogen-bond donors (Lipinski definition) is 0. The van der Waals surface area contributed by atoms with Crippen molar-refractivity contribution < 1.29 is 9.59 Å². The van der Waals surface area contributed by atoms with Gasteiger partial charge < -0.3 is 9.80 Å². The van der Waals surface area contributed by atoms with Crippen LogP contribution in [0.4, 0.5) is 0 Å². The Labute approximate surface area is 127 Å². The lowest BCUT2D eigenvalue weighted by Crippen LogP contribution is -2.52. The summed E-state index contributed by atoms with van der Waals surface area (Å²) in [5, 5.41) is 3.06. The molecule has 0 unspecified atom stereocenters. The summed E-state index contributed by atoms with van der Waals surface area (Å²) in [6.07, 6.45) is 2.75. The van der Waals surface area contributed by atoms with E-state index in [2.05, 4.69) is 4.98 Å². The van der Waals surface area contributed by atoms with Gasteiger partial charge in [-0.3, -0.25) is 9.59 Å². The van der Waals surface area contributed by atoms with Crippen LogP contribution in [0.1, 0.15) is 23.5 Å². The molecule has 7 heteroatoms. The largest absolute Gasteiger partial charge is 0.335 e. The number of unbranched alkanes of at least 4 members (excludes halogenated alkanes) is 1. The van der Waals surface area contributed by atoms with Gasteiger partial charge in [0.2, 0.25) is 11.8 Å². The van der Waals surface area contributed by atoms with Crippen molar-refractivity contribution in [3.63, 3.8) is 0 Å². The summed E-state index contributed by atoms with van der Waals surface area (Å²) in [4.78, 5) is 30.8. The zero-order valence-corrected chi connectivity index (χ0v) is 13.0. The normalized spacial score (nSPS) is 16.1. The topological polar surface area (TPSA) is 53.5 Å². The zero-order valence-electron chi connectivity index (χ0n) is 11.5. The van der Waals surface area contributed by atoms with Crippen molar-refractivity contribution >= 4 is 34.8 Å². The third kappa shape index (κ3) is 3.93. The molecule has 0 atom stereocenters. The van der Waals surface area contributed by atoms with Gasteiger partial charge >= 0.3 is 0 Å². The highest BCUT2D eigenvalue weighted by Crippen LogP contribution is 2.14. The second-order valence-corrected chi connectivity index (χ2v) is 6.10. The monoisotopic (exact) mass is 315 g/mol. The van der Waals surface area contributed by atoms with Crippen molar-refractivity contribution in [1.82, 2.24) is 14.8 Å². The summed E-state index contributed by atoms with van der Waals surface area (Å²) in [7, 11) is 1.66. The van der Waals surface area contributed by atoms with Gasteiger partial charge in [0.05, 0.1) is 29.7 Å². The number of piperazine rings is 1. The molecule has 2 heterocycles. The van der Waals surface area contributed by atoms with E-state index in [9.17, 15) is 9.59 Å². The first-order chi connectivity index (χ1) is 9.60. The minimum atomic E-state index is 0.0104. The highest BCUT2D eigenvalue weighted by molar-refractivity contribution is 7.09. The summed E-state index contributed by atoms with van der Waals surface area (Å²) in [5.41, 5.74) is 0.923. The minimum absolute atomic E-state index is 0.0104. The lowest BCUT2D eigenvalue weighted by atomic mass is 10.2. The second kappa shape index (κ2) is 7.04. The molecule has 0 aromatic carbocycles. The van der Waals surface area contributed by atoms with E-state index in [1.54, 1.807) is 23.3 Å². The average molecular weight is 316 g/mol. The third-order valence-corrected chi connectivity index (χ3v) is 4.51. The van der Waals surface area contributed by atoms with Gasteiger partial charge in [0.15, 0.2) is 0 Å². The predicted molar refractivity (Wildman–Crippen MR) is 78.8 cm³/mol. The molecular formula is C13H18ClN3O2S. The molecule has 2 amide bonds. The summed E-state index contributed by atoms with van der Waals surface area (Å²) in [6, 6.07) is 0. The first-order valence-corrected chi connectivity index (χ1v) is 8.02. The fraction of sp³-hybridized carbons (Fsp3) is 0.615. The Bertz CT molecular complexity index is 492. The van der Waals surface area contributed by atoms with E-state index in [0.717, 1.165) is 30.0 Å². The Balaban J connectivity index is 1.70. The number of halogens is 1. The third-order valence-electron chi connectivity index (χ3n) is 3.28. The number of carbonyl (C=O) groups is 2. The van der Waals surface area contributed by atoms with Crippen molar-refractivity contribution in [2.75, 3.05) is 26.7 Å². The van der Waals surface area contributed by atoms with Gasteiger partial charge in [0.25, 0.3) is 0 Å². The van der Waals surface area contributed by atoms with Gasteiger partial charge in [-0.25, -0.2) is 4.98 Å². The molecule has 0 aliphatic carbocycles. The summed E-state index contributed by atoms with van der Waals surface area (Å²) >= 11 is 7.33. The van der Waals surface area contributed by atoms with E-state index in [1.807, 2.05) is 5.38 Å². The number of carbonyl (C=O) groups excluding carboxylic acids is 2. The molecule has 1 aliphatic rings. The van der Waals surface area contributed by atoms with E-state index in [4.69, 9.17) is 11.6 Å². The van der Waals surface area contributed by atoms with Crippen molar-refractivity contribution in [2.24, 2.45) is 0 Å². The van der Waals surface area contributed by atoms with E-state index in [0.29, 0.717) is 12.4 Å². The lowest BCUT2D eigenvalue weighted by Gasteiger charge is -2.31. The van der Waals surface area contributed by atoms with Crippen molar-refractivity contribution in [1.29, 1.82) is 0 Å². The van der Waals surface area contributed by atoms with Gasteiger partial charge in [0, 0.05) is 19.0 Å². The lowest BCUT2D eigenvalue weighted by molar-refractivity contribution is -0.148. The molecule has 1 aromatic heterocycles. The van der Waals surface area contributed by atoms with Crippen LogP contribution in [0, 0.1) is 0 Å². The number of aryl methyl sites for hydroxylation is 1. The van der Waals surface area contributed by atoms with Gasteiger partial charge in [-0.2, -0.15) is 0 Å². The van der Waals surface area contributed by atoms with Crippen molar-refractivity contribution in [3.8, 4) is 0 Å². The maximum absolute atomic E-state index is 11.8. The van der Waals surface area contributed by atoms with Gasteiger partial charge in [-0.05, 0) is 19.3 Å². The van der Waals surface area contributed by atoms with Gasteiger partial charge in [-0.15, -0.1) is 22.9 Å². The molecule has 0 saturated carbocycles. The number of hydrogen-bond acceptors (Lipinski definition) is 4. The first-order valence-electron chi connectivity index (χ1n) is 6.61. The number of likely N-dealkylation sites (N-methyl/N-ethyl adjacent to an activating group) is 1. The SMILES string of the molecule is CN1CC(=O)N(CCCCc2nc(CCl)cs2)CC1=O. The van der Waals surface area contributed by atoms with Crippen LogP contribution in [-0.4, -0.2) is 53.3 Å². The fourth-order valence-electron chi connectivity index (χ4n) is 2.07. The van der Waals surface area contributed by atoms with Crippen molar-refractivity contribution in [3.05, 3.63) is 16.1 Å². The van der Waals surface area contributed by atoms with E-state index >= 15 is 0 Å².